The van der Waals surface area contributed by atoms with E-state index in [1.165, 1.54) is 0 Å². The van der Waals surface area contributed by atoms with Gasteiger partial charge < -0.3 is 14.8 Å². The van der Waals surface area contributed by atoms with Crippen LogP contribution in [0.3, 0.4) is 0 Å². The average molecular weight is 212 g/mol. The molecule has 0 aromatic heterocycles. The Bertz CT molecular complexity index is 262. The molecule has 2 aliphatic rings. The normalized spacial score (nSPS) is 26.8. The Balaban J connectivity index is 1.87. The van der Waals surface area contributed by atoms with Gasteiger partial charge in [0.05, 0.1) is 5.71 Å². The molecular weight excluding hydrogens is 196 g/mol. The number of ether oxygens (including phenoxy) is 1. The van der Waals surface area contributed by atoms with Crippen LogP contribution < -0.4 is 0 Å². The maximum Gasteiger partial charge on any atom is 0.251 e. The smallest absolute Gasteiger partial charge is 0.251 e. The van der Waals surface area contributed by atoms with Crippen LogP contribution >= 0.6 is 0 Å². The Labute approximate surface area is 88.7 Å². The van der Waals surface area contributed by atoms with Crippen LogP contribution in [0.1, 0.15) is 25.7 Å². The Morgan fingerprint density at radius 3 is 2.73 bits per heavy atom. The van der Waals surface area contributed by atoms with Crippen molar-refractivity contribution in [1.29, 1.82) is 0 Å². The van der Waals surface area contributed by atoms with Crippen LogP contribution in [0.2, 0.25) is 0 Å². The molecule has 0 unspecified atom stereocenters. The number of amides is 1. The van der Waals surface area contributed by atoms with Gasteiger partial charge >= 0.3 is 0 Å². The second-order valence-electron chi connectivity index (χ2n) is 3.99. The predicted molar refractivity (Wildman–Crippen MR) is 54.0 cm³/mol. The molecule has 0 spiro atoms. The first-order valence-electron chi connectivity index (χ1n) is 5.41. The lowest BCUT2D eigenvalue weighted by Crippen LogP contribution is -2.43. The molecule has 2 heterocycles. The fourth-order valence-electron chi connectivity index (χ4n) is 2.06. The van der Waals surface area contributed by atoms with E-state index in [4.69, 9.17) is 9.94 Å². The SMILES string of the molecule is O=C([C@@H]1CCCO1)N1CCC(=NO)CC1. The zero-order chi connectivity index (χ0) is 10.7. The summed E-state index contributed by atoms with van der Waals surface area (Å²) in [5.74, 6) is 0.101. The van der Waals surface area contributed by atoms with E-state index in [1.54, 1.807) is 0 Å². The molecule has 1 atom stereocenters. The summed E-state index contributed by atoms with van der Waals surface area (Å²) in [5.41, 5.74) is 0.784. The molecule has 0 aromatic carbocycles. The van der Waals surface area contributed by atoms with Crippen molar-refractivity contribution >= 4 is 11.6 Å². The minimum Gasteiger partial charge on any atom is -0.411 e. The van der Waals surface area contributed by atoms with Crippen molar-refractivity contribution in [3.63, 3.8) is 0 Å². The molecule has 84 valence electrons. The van der Waals surface area contributed by atoms with Crippen molar-refractivity contribution < 1.29 is 14.7 Å². The first-order valence-corrected chi connectivity index (χ1v) is 5.41. The number of rotatable bonds is 1. The van der Waals surface area contributed by atoms with Crippen molar-refractivity contribution in [3.8, 4) is 0 Å². The van der Waals surface area contributed by atoms with Gasteiger partial charge in [-0.3, -0.25) is 4.79 Å². The van der Waals surface area contributed by atoms with Crippen LogP contribution in [-0.2, 0) is 9.53 Å². The van der Waals surface area contributed by atoms with E-state index in [0.717, 1.165) is 18.6 Å². The second-order valence-corrected chi connectivity index (χ2v) is 3.99. The van der Waals surface area contributed by atoms with Gasteiger partial charge in [-0.05, 0) is 12.8 Å². The highest BCUT2D eigenvalue weighted by atomic mass is 16.5. The summed E-state index contributed by atoms with van der Waals surface area (Å²) in [4.78, 5) is 13.7. The topological polar surface area (TPSA) is 62.1 Å². The van der Waals surface area contributed by atoms with E-state index < -0.39 is 0 Å². The lowest BCUT2D eigenvalue weighted by Gasteiger charge is -2.29. The number of piperidine rings is 1. The number of carbonyl (C=O) groups is 1. The number of oxime groups is 1. The quantitative estimate of drug-likeness (QED) is 0.512. The molecule has 1 amide bonds. The summed E-state index contributed by atoms with van der Waals surface area (Å²) in [6, 6.07) is 0. The van der Waals surface area contributed by atoms with E-state index in [0.29, 0.717) is 32.5 Å². The molecule has 15 heavy (non-hydrogen) atoms. The van der Waals surface area contributed by atoms with Crippen molar-refractivity contribution in [1.82, 2.24) is 4.90 Å². The maximum absolute atomic E-state index is 11.9. The second kappa shape index (κ2) is 4.61. The zero-order valence-corrected chi connectivity index (χ0v) is 8.69. The van der Waals surface area contributed by atoms with Gasteiger partial charge in [-0.2, -0.15) is 0 Å². The Hall–Kier alpha value is -1.10. The first-order chi connectivity index (χ1) is 7.31. The maximum atomic E-state index is 11.9. The standard InChI is InChI=1S/C10H16N2O3/c13-10(9-2-1-7-15-9)12-5-3-8(11-14)4-6-12/h9,14H,1-7H2/t9-/m0/s1. The molecule has 0 aliphatic carbocycles. The van der Waals surface area contributed by atoms with E-state index >= 15 is 0 Å². The molecule has 0 saturated carbocycles. The number of hydrogen-bond donors (Lipinski definition) is 1. The fourth-order valence-corrected chi connectivity index (χ4v) is 2.06. The molecule has 0 bridgehead atoms. The lowest BCUT2D eigenvalue weighted by molar-refractivity contribution is -0.141. The number of hydrogen-bond acceptors (Lipinski definition) is 4. The Morgan fingerprint density at radius 2 is 2.20 bits per heavy atom. The monoisotopic (exact) mass is 212 g/mol. The van der Waals surface area contributed by atoms with Gasteiger partial charge in [0, 0.05) is 32.5 Å². The lowest BCUT2D eigenvalue weighted by atomic mass is 10.1. The van der Waals surface area contributed by atoms with Crippen molar-refractivity contribution in [2.24, 2.45) is 5.16 Å². The van der Waals surface area contributed by atoms with E-state index in [1.807, 2.05) is 4.90 Å². The van der Waals surface area contributed by atoms with Crippen molar-refractivity contribution in [2.75, 3.05) is 19.7 Å². The number of carbonyl (C=O) groups excluding carboxylic acids is 1. The average Bonchev–Trinajstić information content (AvgIpc) is 2.82. The van der Waals surface area contributed by atoms with Gasteiger partial charge in [0.1, 0.15) is 6.10 Å². The van der Waals surface area contributed by atoms with Crippen molar-refractivity contribution in [3.05, 3.63) is 0 Å². The highest BCUT2D eigenvalue weighted by Gasteiger charge is 2.29. The minimum atomic E-state index is -0.224. The predicted octanol–water partition coefficient (Wildman–Crippen LogP) is 0.618. The van der Waals surface area contributed by atoms with Crippen LogP contribution in [0.15, 0.2) is 5.16 Å². The highest BCUT2D eigenvalue weighted by molar-refractivity contribution is 5.88. The van der Waals surface area contributed by atoms with Crippen LogP contribution in [0.4, 0.5) is 0 Å². The van der Waals surface area contributed by atoms with E-state index in [2.05, 4.69) is 5.16 Å². The van der Waals surface area contributed by atoms with Crippen LogP contribution in [0, 0.1) is 0 Å². The molecule has 1 N–H and O–H groups in total. The molecule has 5 heteroatoms. The Kier molecular flexibility index (Phi) is 3.20. The van der Waals surface area contributed by atoms with Crippen LogP contribution in [0.5, 0.6) is 0 Å². The summed E-state index contributed by atoms with van der Waals surface area (Å²) in [5, 5.41) is 11.8. The molecule has 2 rings (SSSR count). The van der Waals surface area contributed by atoms with E-state index in [9.17, 15) is 4.79 Å². The Morgan fingerprint density at radius 1 is 1.47 bits per heavy atom. The molecule has 5 nitrogen and oxygen atoms in total. The van der Waals surface area contributed by atoms with Crippen LogP contribution in [-0.4, -0.2) is 47.5 Å². The number of likely N-dealkylation sites (tertiary alicyclic amines) is 1. The molecule has 2 aliphatic heterocycles. The van der Waals surface area contributed by atoms with E-state index in [-0.39, 0.29) is 12.0 Å². The minimum absolute atomic E-state index is 0.101. The molecule has 0 radical (unpaired) electrons. The van der Waals surface area contributed by atoms with Gasteiger partial charge in [-0.25, -0.2) is 0 Å². The summed E-state index contributed by atoms with van der Waals surface area (Å²) in [6.07, 6.45) is 2.95. The zero-order valence-electron chi connectivity index (χ0n) is 8.69. The van der Waals surface area contributed by atoms with Crippen LogP contribution in [0.25, 0.3) is 0 Å². The summed E-state index contributed by atoms with van der Waals surface area (Å²) < 4.78 is 5.35. The summed E-state index contributed by atoms with van der Waals surface area (Å²) >= 11 is 0. The third kappa shape index (κ3) is 2.28. The highest BCUT2D eigenvalue weighted by Crippen LogP contribution is 2.17. The van der Waals surface area contributed by atoms with Gasteiger partial charge in [0.2, 0.25) is 0 Å². The van der Waals surface area contributed by atoms with Gasteiger partial charge in [0.25, 0.3) is 5.91 Å². The molecular formula is C10H16N2O3. The molecule has 0 aromatic rings. The van der Waals surface area contributed by atoms with Gasteiger partial charge in [0.15, 0.2) is 0 Å². The number of nitrogens with zero attached hydrogens (tertiary/aromatic N) is 2. The third-order valence-corrected chi connectivity index (χ3v) is 3.00. The van der Waals surface area contributed by atoms with Crippen molar-refractivity contribution in [2.45, 2.75) is 31.8 Å². The van der Waals surface area contributed by atoms with Gasteiger partial charge in [-0.15, -0.1) is 0 Å². The molecule has 2 saturated heterocycles. The first kappa shape index (κ1) is 10.4. The third-order valence-electron chi connectivity index (χ3n) is 3.00. The summed E-state index contributed by atoms with van der Waals surface area (Å²) in [7, 11) is 0. The van der Waals surface area contributed by atoms with Gasteiger partial charge in [-0.1, -0.05) is 5.16 Å². The largest absolute Gasteiger partial charge is 0.411 e. The summed E-state index contributed by atoms with van der Waals surface area (Å²) in [6.45, 7) is 2.00. The molecule has 2 fully saturated rings. The fraction of sp³-hybridized carbons (Fsp3) is 0.800.